The molecule has 0 saturated carbocycles. The van der Waals surface area contributed by atoms with Crippen molar-refractivity contribution in [1.29, 1.82) is 0 Å². The third-order valence-electron chi connectivity index (χ3n) is 2.78. The molecule has 0 amide bonds. The highest BCUT2D eigenvalue weighted by Crippen LogP contribution is 2.38. The lowest BCUT2D eigenvalue weighted by Crippen LogP contribution is -2.12. The molecule has 1 aromatic carbocycles. The van der Waals surface area contributed by atoms with E-state index < -0.39 is 0 Å². The molecule has 1 N–H and O–H groups in total. The van der Waals surface area contributed by atoms with Crippen molar-refractivity contribution in [2.45, 2.75) is 20.4 Å². The Morgan fingerprint density at radius 3 is 2.25 bits per heavy atom. The molecule has 0 aliphatic heterocycles. The maximum Gasteiger partial charge on any atom is 0.203 e. The highest BCUT2D eigenvalue weighted by atomic mass is 32.2. The van der Waals surface area contributed by atoms with Crippen molar-refractivity contribution in [2.24, 2.45) is 0 Å². The monoisotopic (exact) mass is 299 g/mol. The lowest BCUT2D eigenvalue weighted by atomic mass is 10.1. The van der Waals surface area contributed by atoms with Crippen molar-refractivity contribution in [3.8, 4) is 17.2 Å². The van der Waals surface area contributed by atoms with Crippen LogP contribution in [0.3, 0.4) is 0 Å². The van der Waals surface area contributed by atoms with Crippen LogP contribution in [0.15, 0.2) is 12.1 Å². The molecule has 1 aromatic rings. The summed E-state index contributed by atoms with van der Waals surface area (Å²) in [6.45, 7) is 6.59. The fourth-order valence-corrected chi connectivity index (χ4v) is 2.28. The Balaban J connectivity index is 2.84. The lowest BCUT2D eigenvalue weighted by Gasteiger charge is -2.16. The smallest absolute Gasteiger partial charge is 0.203 e. The summed E-state index contributed by atoms with van der Waals surface area (Å²) in [6.07, 6.45) is 0. The Morgan fingerprint density at radius 2 is 1.75 bits per heavy atom. The van der Waals surface area contributed by atoms with Gasteiger partial charge in [-0.25, -0.2) is 0 Å². The second-order valence-electron chi connectivity index (χ2n) is 4.16. The fourth-order valence-electron chi connectivity index (χ4n) is 1.79. The zero-order chi connectivity index (χ0) is 14.8. The molecular weight excluding hydrogens is 274 g/mol. The zero-order valence-electron chi connectivity index (χ0n) is 12.8. The van der Waals surface area contributed by atoms with Crippen LogP contribution in [0.4, 0.5) is 0 Å². The summed E-state index contributed by atoms with van der Waals surface area (Å²) >= 11 is 1.85. The molecule has 0 spiro atoms. The third kappa shape index (κ3) is 5.13. The van der Waals surface area contributed by atoms with Gasteiger partial charge in [-0.05, 0) is 30.0 Å². The minimum absolute atomic E-state index is 0.651. The summed E-state index contributed by atoms with van der Waals surface area (Å²) in [5.41, 5.74) is 1.12. The predicted molar refractivity (Wildman–Crippen MR) is 85.4 cm³/mol. The molecule has 4 nitrogen and oxygen atoms in total. The van der Waals surface area contributed by atoms with E-state index in [0.717, 1.165) is 41.7 Å². The minimum atomic E-state index is 0.651. The SMILES string of the molecule is CCNCc1cc(OC)c(OCCSCC)c(OC)c1. The van der Waals surface area contributed by atoms with Gasteiger partial charge in [-0.3, -0.25) is 0 Å². The predicted octanol–water partition coefficient (Wildman–Crippen LogP) is 2.95. The molecule has 0 unspecified atom stereocenters. The van der Waals surface area contributed by atoms with Gasteiger partial charge < -0.3 is 19.5 Å². The number of hydrogen-bond donors (Lipinski definition) is 1. The number of methoxy groups -OCH3 is 2. The molecule has 0 radical (unpaired) electrons. The summed E-state index contributed by atoms with van der Waals surface area (Å²) < 4.78 is 16.7. The van der Waals surface area contributed by atoms with E-state index in [1.807, 2.05) is 23.9 Å². The van der Waals surface area contributed by atoms with E-state index in [2.05, 4.69) is 19.2 Å². The number of benzene rings is 1. The van der Waals surface area contributed by atoms with Crippen LogP contribution >= 0.6 is 11.8 Å². The zero-order valence-corrected chi connectivity index (χ0v) is 13.6. The maximum absolute atomic E-state index is 5.82. The van der Waals surface area contributed by atoms with Gasteiger partial charge in [0.1, 0.15) is 0 Å². The molecule has 0 atom stereocenters. The van der Waals surface area contributed by atoms with Gasteiger partial charge in [0, 0.05) is 12.3 Å². The quantitative estimate of drug-likeness (QED) is 0.673. The molecule has 0 aliphatic rings. The third-order valence-corrected chi connectivity index (χ3v) is 3.64. The minimum Gasteiger partial charge on any atom is -0.493 e. The second kappa shape index (κ2) is 9.77. The van der Waals surface area contributed by atoms with Crippen LogP contribution in [0.25, 0.3) is 0 Å². The average Bonchev–Trinajstić information content (AvgIpc) is 2.49. The summed E-state index contributed by atoms with van der Waals surface area (Å²) in [4.78, 5) is 0. The van der Waals surface area contributed by atoms with E-state index in [-0.39, 0.29) is 0 Å². The van der Waals surface area contributed by atoms with E-state index in [1.165, 1.54) is 0 Å². The van der Waals surface area contributed by atoms with Gasteiger partial charge in [-0.15, -0.1) is 0 Å². The Labute approximate surface area is 126 Å². The van der Waals surface area contributed by atoms with E-state index in [4.69, 9.17) is 14.2 Å². The van der Waals surface area contributed by atoms with Crippen LogP contribution in [0.2, 0.25) is 0 Å². The molecule has 0 aromatic heterocycles. The number of hydrogen-bond acceptors (Lipinski definition) is 5. The first kappa shape index (κ1) is 17.0. The van der Waals surface area contributed by atoms with Crippen LogP contribution in [-0.2, 0) is 6.54 Å². The van der Waals surface area contributed by atoms with E-state index in [0.29, 0.717) is 12.4 Å². The molecule has 0 fully saturated rings. The molecule has 0 saturated heterocycles. The summed E-state index contributed by atoms with van der Waals surface area (Å²) in [7, 11) is 3.30. The van der Waals surface area contributed by atoms with Crippen LogP contribution in [0, 0.1) is 0 Å². The van der Waals surface area contributed by atoms with Gasteiger partial charge in [0.25, 0.3) is 0 Å². The number of rotatable bonds is 10. The highest BCUT2D eigenvalue weighted by Gasteiger charge is 2.14. The van der Waals surface area contributed by atoms with Gasteiger partial charge in [0.2, 0.25) is 5.75 Å². The molecule has 20 heavy (non-hydrogen) atoms. The van der Waals surface area contributed by atoms with Crippen molar-refractivity contribution in [3.63, 3.8) is 0 Å². The van der Waals surface area contributed by atoms with Gasteiger partial charge in [0.05, 0.1) is 20.8 Å². The number of thioether (sulfide) groups is 1. The van der Waals surface area contributed by atoms with Crippen LogP contribution in [-0.4, -0.2) is 38.9 Å². The normalized spacial score (nSPS) is 10.4. The topological polar surface area (TPSA) is 39.7 Å². The summed E-state index contributed by atoms with van der Waals surface area (Å²) in [6, 6.07) is 3.99. The molecule has 1 rings (SSSR count). The molecule has 5 heteroatoms. The molecular formula is C15H25NO3S. The Bertz CT molecular complexity index is 374. The summed E-state index contributed by atoms with van der Waals surface area (Å²) in [5, 5.41) is 3.29. The lowest BCUT2D eigenvalue weighted by molar-refractivity contribution is 0.290. The van der Waals surface area contributed by atoms with E-state index in [1.54, 1.807) is 14.2 Å². The summed E-state index contributed by atoms with van der Waals surface area (Å²) in [5.74, 6) is 4.19. The Morgan fingerprint density at radius 1 is 1.10 bits per heavy atom. The van der Waals surface area contributed by atoms with E-state index in [9.17, 15) is 0 Å². The molecule has 0 aliphatic carbocycles. The molecule has 114 valence electrons. The van der Waals surface area contributed by atoms with Crippen molar-refractivity contribution in [3.05, 3.63) is 17.7 Å². The van der Waals surface area contributed by atoms with Crippen molar-refractivity contribution in [1.82, 2.24) is 5.32 Å². The number of nitrogens with one attached hydrogen (secondary N) is 1. The van der Waals surface area contributed by atoms with Crippen LogP contribution in [0.5, 0.6) is 17.2 Å². The number of ether oxygens (including phenoxy) is 3. The maximum atomic E-state index is 5.82. The Hall–Kier alpha value is -1.07. The second-order valence-corrected chi connectivity index (χ2v) is 5.55. The van der Waals surface area contributed by atoms with Crippen molar-refractivity contribution in [2.75, 3.05) is 38.9 Å². The van der Waals surface area contributed by atoms with Crippen molar-refractivity contribution >= 4 is 11.8 Å². The first-order chi connectivity index (χ1) is 9.76. The largest absolute Gasteiger partial charge is 0.493 e. The average molecular weight is 299 g/mol. The van der Waals surface area contributed by atoms with Gasteiger partial charge >= 0.3 is 0 Å². The van der Waals surface area contributed by atoms with Gasteiger partial charge in [-0.2, -0.15) is 11.8 Å². The van der Waals surface area contributed by atoms with Crippen LogP contribution in [0.1, 0.15) is 19.4 Å². The first-order valence-electron chi connectivity index (χ1n) is 6.92. The molecule has 0 heterocycles. The molecule has 0 bridgehead atoms. The van der Waals surface area contributed by atoms with Crippen molar-refractivity contribution < 1.29 is 14.2 Å². The first-order valence-corrected chi connectivity index (χ1v) is 8.08. The van der Waals surface area contributed by atoms with Gasteiger partial charge in [0.15, 0.2) is 11.5 Å². The van der Waals surface area contributed by atoms with E-state index >= 15 is 0 Å². The Kier molecular flexibility index (Phi) is 8.30. The van der Waals surface area contributed by atoms with Gasteiger partial charge in [-0.1, -0.05) is 13.8 Å². The highest BCUT2D eigenvalue weighted by molar-refractivity contribution is 7.99. The van der Waals surface area contributed by atoms with Crippen LogP contribution < -0.4 is 19.5 Å². The fraction of sp³-hybridized carbons (Fsp3) is 0.600. The standard InChI is InChI=1S/C15H25NO3S/c1-5-16-11-12-9-13(17-3)15(14(10-12)18-4)19-7-8-20-6-2/h9-10,16H,5-8,11H2,1-4H3.